The zero-order valence-corrected chi connectivity index (χ0v) is 18.2. The molecule has 1 atom stereocenters. The van der Waals surface area contributed by atoms with E-state index < -0.39 is 15.6 Å². The Balaban J connectivity index is 1.46. The Morgan fingerprint density at radius 2 is 1.58 bits per heavy atom. The zero-order valence-electron chi connectivity index (χ0n) is 17.4. The Morgan fingerprint density at radius 1 is 0.935 bits per heavy atom. The first-order valence-corrected chi connectivity index (χ1v) is 11.9. The van der Waals surface area contributed by atoms with Crippen LogP contribution in [-0.2, 0) is 20.4 Å². The molecule has 0 amide bonds. The van der Waals surface area contributed by atoms with Gasteiger partial charge in [0.15, 0.2) is 0 Å². The van der Waals surface area contributed by atoms with Crippen LogP contribution in [0.3, 0.4) is 0 Å². The topological polar surface area (TPSA) is 55.8 Å². The fraction of sp³-hybridized carbons (Fsp3) is 0.280. The molecule has 3 aromatic carbocycles. The van der Waals surface area contributed by atoms with E-state index in [2.05, 4.69) is 24.3 Å². The van der Waals surface area contributed by atoms with Crippen LogP contribution >= 0.6 is 0 Å². The summed E-state index contributed by atoms with van der Waals surface area (Å²) in [5, 5.41) is 0. The minimum absolute atomic E-state index is 0.191. The summed E-state index contributed by atoms with van der Waals surface area (Å²) in [6.45, 7) is 0.842. The van der Waals surface area contributed by atoms with Gasteiger partial charge in [-0.15, -0.1) is 0 Å². The highest BCUT2D eigenvalue weighted by atomic mass is 32.2. The molecule has 1 spiro atoms. The average Bonchev–Trinajstić information content (AvgIpc) is 3.13. The number of fused-ring (bicyclic) bond motifs is 2. The smallest absolute Gasteiger partial charge is 0.243 e. The van der Waals surface area contributed by atoms with E-state index in [1.165, 1.54) is 0 Å². The molecule has 0 radical (unpaired) electrons. The molecule has 5 nitrogen and oxygen atoms in total. The highest BCUT2D eigenvalue weighted by Gasteiger charge is 2.48. The molecule has 2 aliphatic heterocycles. The summed E-state index contributed by atoms with van der Waals surface area (Å²) in [4.78, 5) is 0.339. The van der Waals surface area contributed by atoms with Gasteiger partial charge in [0.2, 0.25) is 10.0 Å². The largest absolute Gasteiger partial charge is 0.497 e. The fourth-order valence-corrected chi connectivity index (χ4v) is 6.21. The van der Waals surface area contributed by atoms with Crippen LogP contribution < -0.4 is 4.74 Å². The molecule has 0 saturated carbocycles. The number of nitrogens with zero attached hydrogens (tertiary/aromatic N) is 1. The second-order valence-corrected chi connectivity index (χ2v) is 10.0. The van der Waals surface area contributed by atoms with Crippen molar-refractivity contribution in [3.63, 3.8) is 0 Å². The molecule has 31 heavy (non-hydrogen) atoms. The molecule has 0 aliphatic carbocycles. The molecule has 0 bridgehead atoms. The number of ether oxygens (including phenoxy) is 2. The number of sulfonamides is 1. The highest BCUT2D eigenvalue weighted by Crippen LogP contribution is 2.52. The SMILES string of the molecule is COc1ccc2c(c1)C(c1ccccc1)OC21CCN(S(=O)(=O)c2ccccc2)CC1. The maximum Gasteiger partial charge on any atom is 0.243 e. The van der Waals surface area contributed by atoms with Crippen molar-refractivity contribution in [3.05, 3.63) is 95.6 Å². The third kappa shape index (κ3) is 3.45. The second kappa shape index (κ2) is 7.79. The number of hydrogen-bond acceptors (Lipinski definition) is 4. The van der Waals surface area contributed by atoms with E-state index in [1.807, 2.05) is 30.3 Å². The van der Waals surface area contributed by atoms with Gasteiger partial charge in [0.05, 0.1) is 17.6 Å². The average molecular weight is 436 g/mol. The van der Waals surface area contributed by atoms with Crippen LogP contribution in [0.25, 0.3) is 0 Å². The number of benzene rings is 3. The first kappa shape index (κ1) is 20.2. The van der Waals surface area contributed by atoms with Gasteiger partial charge >= 0.3 is 0 Å². The molecule has 1 unspecified atom stereocenters. The van der Waals surface area contributed by atoms with Gasteiger partial charge in [0, 0.05) is 13.1 Å². The summed E-state index contributed by atoms with van der Waals surface area (Å²) in [6.07, 6.45) is 1.03. The van der Waals surface area contributed by atoms with E-state index in [-0.39, 0.29) is 6.10 Å². The van der Waals surface area contributed by atoms with Gasteiger partial charge < -0.3 is 9.47 Å². The minimum Gasteiger partial charge on any atom is -0.497 e. The number of hydrogen-bond donors (Lipinski definition) is 0. The van der Waals surface area contributed by atoms with Gasteiger partial charge in [-0.2, -0.15) is 4.31 Å². The van der Waals surface area contributed by atoms with Crippen LogP contribution in [0.1, 0.15) is 35.6 Å². The molecule has 1 fully saturated rings. The summed E-state index contributed by atoms with van der Waals surface area (Å²) in [5.74, 6) is 0.796. The van der Waals surface area contributed by atoms with Crippen LogP contribution in [0, 0.1) is 0 Å². The lowest BCUT2D eigenvalue weighted by molar-refractivity contribution is -0.0884. The predicted molar refractivity (Wildman–Crippen MR) is 118 cm³/mol. The molecule has 3 aromatic rings. The van der Waals surface area contributed by atoms with Crippen LogP contribution in [0.2, 0.25) is 0 Å². The van der Waals surface area contributed by atoms with Gasteiger partial charge in [-0.3, -0.25) is 0 Å². The maximum absolute atomic E-state index is 13.1. The van der Waals surface area contributed by atoms with E-state index in [0.717, 1.165) is 22.4 Å². The van der Waals surface area contributed by atoms with Gasteiger partial charge in [0.1, 0.15) is 11.9 Å². The maximum atomic E-state index is 13.1. The Morgan fingerprint density at radius 3 is 2.23 bits per heavy atom. The van der Waals surface area contributed by atoms with E-state index in [0.29, 0.717) is 30.8 Å². The van der Waals surface area contributed by atoms with Crippen LogP contribution in [0.15, 0.2) is 83.8 Å². The Labute approximate surface area is 183 Å². The molecule has 0 aromatic heterocycles. The van der Waals surface area contributed by atoms with Crippen molar-refractivity contribution in [1.82, 2.24) is 4.31 Å². The molecular formula is C25H25NO4S. The van der Waals surface area contributed by atoms with E-state index in [1.54, 1.807) is 35.7 Å². The molecule has 1 saturated heterocycles. The van der Waals surface area contributed by atoms with Crippen molar-refractivity contribution >= 4 is 10.0 Å². The summed E-state index contributed by atoms with van der Waals surface area (Å²) in [6, 6.07) is 24.9. The van der Waals surface area contributed by atoms with Gasteiger partial charge in [-0.1, -0.05) is 54.6 Å². The van der Waals surface area contributed by atoms with Crippen molar-refractivity contribution in [1.29, 1.82) is 0 Å². The second-order valence-electron chi connectivity index (χ2n) is 8.07. The van der Waals surface area contributed by atoms with Crippen LogP contribution in [0.5, 0.6) is 5.75 Å². The van der Waals surface area contributed by atoms with Crippen molar-refractivity contribution < 1.29 is 17.9 Å². The van der Waals surface area contributed by atoms with Gasteiger partial charge in [-0.05, 0) is 53.8 Å². The highest BCUT2D eigenvalue weighted by molar-refractivity contribution is 7.89. The van der Waals surface area contributed by atoms with E-state index in [4.69, 9.17) is 9.47 Å². The van der Waals surface area contributed by atoms with Gasteiger partial charge in [0.25, 0.3) is 0 Å². The lowest BCUT2D eigenvalue weighted by Crippen LogP contribution is -2.45. The Kier molecular flexibility index (Phi) is 5.08. The van der Waals surface area contributed by atoms with Crippen LogP contribution in [0.4, 0.5) is 0 Å². The monoisotopic (exact) mass is 435 g/mol. The molecule has 2 aliphatic rings. The lowest BCUT2D eigenvalue weighted by Gasteiger charge is -2.39. The van der Waals surface area contributed by atoms with Crippen molar-refractivity contribution in [2.24, 2.45) is 0 Å². The normalized spacial score (nSPS) is 20.5. The molecule has 160 valence electrons. The Hall–Kier alpha value is -2.67. The number of methoxy groups -OCH3 is 1. The third-order valence-electron chi connectivity index (χ3n) is 6.39. The van der Waals surface area contributed by atoms with Crippen LogP contribution in [-0.4, -0.2) is 32.9 Å². The first-order valence-electron chi connectivity index (χ1n) is 10.5. The number of rotatable bonds is 4. The standard InChI is InChI=1S/C25H25NO4S/c1-29-20-12-13-23-22(18-20)24(19-8-4-2-5-9-19)30-25(23)14-16-26(17-15-25)31(27,28)21-10-6-3-7-11-21/h2-13,18,24H,14-17H2,1H3. The van der Waals surface area contributed by atoms with E-state index in [9.17, 15) is 8.42 Å². The minimum atomic E-state index is -3.50. The predicted octanol–water partition coefficient (Wildman–Crippen LogP) is 4.49. The van der Waals surface area contributed by atoms with Crippen molar-refractivity contribution in [3.8, 4) is 5.75 Å². The van der Waals surface area contributed by atoms with Gasteiger partial charge in [-0.25, -0.2) is 8.42 Å². The molecule has 0 N–H and O–H groups in total. The molecule has 6 heteroatoms. The summed E-state index contributed by atoms with van der Waals surface area (Å²) >= 11 is 0. The summed E-state index contributed by atoms with van der Waals surface area (Å²) in [5.41, 5.74) is 2.84. The first-order chi connectivity index (χ1) is 15.0. The zero-order chi connectivity index (χ0) is 21.5. The number of piperidine rings is 1. The van der Waals surface area contributed by atoms with Crippen molar-refractivity contribution in [2.75, 3.05) is 20.2 Å². The van der Waals surface area contributed by atoms with Crippen molar-refractivity contribution in [2.45, 2.75) is 29.4 Å². The molecular weight excluding hydrogens is 410 g/mol. The fourth-order valence-electron chi connectivity index (χ4n) is 4.74. The lowest BCUT2D eigenvalue weighted by atomic mass is 9.83. The molecule has 5 rings (SSSR count). The van der Waals surface area contributed by atoms with E-state index >= 15 is 0 Å². The molecule has 2 heterocycles. The summed E-state index contributed by atoms with van der Waals surface area (Å²) in [7, 11) is -1.84. The quantitative estimate of drug-likeness (QED) is 0.606. The third-order valence-corrected chi connectivity index (χ3v) is 8.30. The summed E-state index contributed by atoms with van der Waals surface area (Å²) < 4.78 is 39.9. The Bertz CT molecular complexity index is 1170.